The highest BCUT2D eigenvalue weighted by atomic mass is 16.1. The fourth-order valence-electron chi connectivity index (χ4n) is 7.01. The first-order valence-electron chi connectivity index (χ1n) is 16.1. The molecule has 0 amide bonds. The van der Waals surface area contributed by atoms with E-state index in [4.69, 9.17) is 4.98 Å². The number of carbonyl (C=O) groups excluding carboxylic acids is 1. The van der Waals surface area contributed by atoms with Crippen LogP contribution in [0.25, 0.3) is 55.9 Å². The minimum absolute atomic E-state index is 0.101. The van der Waals surface area contributed by atoms with E-state index in [9.17, 15) is 4.79 Å². The maximum Gasteiger partial charge on any atom is 0.193 e. The van der Waals surface area contributed by atoms with Gasteiger partial charge in [0, 0.05) is 27.7 Å². The van der Waals surface area contributed by atoms with Gasteiger partial charge in [-0.15, -0.1) is 0 Å². The van der Waals surface area contributed by atoms with Crippen LogP contribution in [0, 0.1) is 0 Å². The van der Waals surface area contributed by atoms with Crippen LogP contribution in [0.1, 0.15) is 40.9 Å². The Morgan fingerprint density at radius 1 is 0.383 bits per heavy atom. The van der Waals surface area contributed by atoms with E-state index in [1.165, 1.54) is 0 Å². The molecule has 1 heterocycles. The topological polar surface area (TPSA) is 30.0 Å². The number of pyridine rings is 1. The molecule has 7 aromatic rings. The molecule has 6 aromatic carbocycles. The molecule has 2 heteroatoms. The molecule has 0 N–H and O–H groups in total. The number of nitrogens with zero attached hydrogens (tertiary/aromatic N) is 1. The molecular weight excluding hydrogens is 571 g/mol. The largest absolute Gasteiger partial charge is 0.289 e. The van der Waals surface area contributed by atoms with Crippen molar-refractivity contribution in [2.24, 2.45) is 0 Å². The molecule has 8 rings (SSSR count). The minimum atomic E-state index is -0.293. The summed E-state index contributed by atoms with van der Waals surface area (Å²) in [6.45, 7) is 4.44. The third kappa shape index (κ3) is 5.09. The fourth-order valence-corrected chi connectivity index (χ4v) is 7.01. The lowest BCUT2D eigenvalue weighted by atomic mass is 9.68. The van der Waals surface area contributed by atoms with Gasteiger partial charge >= 0.3 is 0 Å². The van der Waals surface area contributed by atoms with Gasteiger partial charge in [0.1, 0.15) is 0 Å². The maximum absolute atomic E-state index is 13.5. The van der Waals surface area contributed by atoms with Crippen molar-refractivity contribution in [3.05, 3.63) is 186 Å². The second-order valence-electron chi connectivity index (χ2n) is 12.7. The summed E-state index contributed by atoms with van der Waals surface area (Å²) in [5, 5.41) is 0. The Kier molecular flexibility index (Phi) is 7.00. The summed E-state index contributed by atoms with van der Waals surface area (Å²) in [6.07, 6.45) is 0. The van der Waals surface area contributed by atoms with Gasteiger partial charge in [-0.3, -0.25) is 4.79 Å². The van der Waals surface area contributed by atoms with E-state index >= 15 is 0 Å². The Bertz CT molecular complexity index is 2220. The first kappa shape index (κ1) is 28.6. The summed E-state index contributed by atoms with van der Waals surface area (Å²) in [7, 11) is 0. The van der Waals surface area contributed by atoms with E-state index in [0.29, 0.717) is 0 Å². The van der Waals surface area contributed by atoms with E-state index < -0.39 is 0 Å². The Balaban J connectivity index is 1.23. The Labute approximate surface area is 276 Å². The number of fused-ring (bicyclic) bond motifs is 2. The van der Waals surface area contributed by atoms with Gasteiger partial charge in [-0.25, -0.2) is 4.98 Å². The molecule has 47 heavy (non-hydrogen) atoms. The maximum atomic E-state index is 13.5. The SMILES string of the molecule is CC1(C)c2ccccc2C(=O)c2ccc(-c3ccccc3-c3cccc(-c4cc(-c5ccccc5)nc(-c5ccccc5)c4)c3)cc21. The predicted octanol–water partition coefficient (Wildman–Crippen LogP) is 11.3. The molecule has 0 aliphatic heterocycles. The number of aromatic nitrogens is 1. The van der Waals surface area contributed by atoms with Crippen molar-refractivity contribution in [2.45, 2.75) is 19.3 Å². The Morgan fingerprint density at radius 2 is 0.872 bits per heavy atom. The lowest BCUT2D eigenvalue weighted by Gasteiger charge is -2.34. The molecule has 2 nitrogen and oxygen atoms in total. The molecule has 0 radical (unpaired) electrons. The Hall–Kier alpha value is -5.86. The third-order valence-corrected chi connectivity index (χ3v) is 9.49. The van der Waals surface area contributed by atoms with Gasteiger partial charge in [-0.1, -0.05) is 153 Å². The van der Waals surface area contributed by atoms with Crippen LogP contribution in [0.5, 0.6) is 0 Å². The van der Waals surface area contributed by atoms with E-state index in [0.717, 1.165) is 78.1 Å². The highest BCUT2D eigenvalue weighted by Gasteiger charge is 2.36. The van der Waals surface area contributed by atoms with Gasteiger partial charge in [-0.2, -0.15) is 0 Å². The molecule has 0 bridgehead atoms. The van der Waals surface area contributed by atoms with Crippen molar-refractivity contribution in [1.29, 1.82) is 0 Å². The number of hydrogen-bond donors (Lipinski definition) is 0. The zero-order valence-electron chi connectivity index (χ0n) is 26.4. The highest BCUT2D eigenvalue weighted by Crippen LogP contribution is 2.44. The van der Waals surface area contributed by atoms with Crippen molar-refractivity contribution in [2.75, 3.05) is 0 Å². The highest BCUT2D eigenvalue weighted by molar-refractivity contribution is 6.13. The molecule has 0 spiro atoms. The van der Waals surface area contributed by atoms with E-state index in [1.54, 1.807) is 0 Å². The van der Waals surface area contributed by atoms with Gasteiger partial charge < -0.3 is 0 Å². The number of rotatable bonds is 5. The fraction of sp³-hybridized carbons (Fsp3) is 0.0667. The average molecular weight is 604 g/mol. The summed E-state index contributed by atoms with van der Waals surface area (Å²) in [5.41, 5.74) is 14.3. The minimum Gasteiger partial charge on any atom is -0.289 e. The molecule has 1 aromatic heterocycles. The van der Waals surface area contributed by atoms with Crippen LogP contribution in [-0.4, -0.2) is 10.8 Å². The zero-order valence-corrected chi connectivity index (χ0v) is 26.4. The van der Waals surface area contributed by atoms with Crippen molar-refractivity contribution in [1.82, 2.24) is 4.98 Å². The molecule has 1 aliphatic rings. The number of benzene rings is 6. The summed E-state index contributed by atoms with van der Waals surface area (Å²) in [6, 6.07) is 56.8. The van der Waals surface area contributed by atoms with Crippen LogP contribution < -0.4 is 0 Å². The molecule has 1 aliphatic carbocycles. The van der Waals surface area contributed by atoms with Crippen molar-refractivity contribution < 1.29 is 4.79 Å². The quantitative estimate of drug-likeness (QED) is 0.196. The predicted molar refractivity (Wildman–Crippen MR) is 193 cm³/mol. The molecule has 0 saturated carbocycles. The lowest BCUT2D eigenvalue weighted by molar-refractivity contribution is 0.103. The van der Waals surface area contributed by atoms with Gasteiger partial charge in [0.2, 0.25) is 0 Å². The van der Waals surface area contributed by atoms with Crippen LogP contribution in [0.4, 0.5) is 0 Å². The smallest absolute Gasteiger partial charge is 0.193 e. The van der Waals surface area contributed by atoms with Gasteiger partial charge in [0.25, 0.3) is 0 Å². The van der Waals surface area contributed by atoms with Gasteiger partial charge in [0.05, 0.1) is 11.4 Å². The normalized spacial score (nSPS) is 13.1. The second-order valence-corrected chi connectivity index (χ2v) is 12.7. The summed E-state index contributed by atoms with van der Waals surface area (Å²) < 4.78 is 0. The number of ketones is 1. The van der Waals surface area contributed by atoms with Crippen molar-refractivity contribution >= 4 is 5.78 Å². The lowest BCUT2D eigenvalue weighted by Crippen LogP contribution is -2.30. The first-order valence-corrected chi connectivity index (χ1v) is 16.1. The standard InChI is InChI=1S/C45H33NO/c1-45(2)40-23-12-11-22-38(40)44(47)39-25-24-34(27-41(39)45)37-21-10-9-20-36(37)33-19-13-18-32(26-33)35-28-42(30-14-5-3-6-15-30)46-43(29-35)31-16-7-4-8-17-31/h3-29H,1-2H3. The molecule has 0 unspecified atom stereocenters. The third-order valence-electron chi connectivity index (χ3n) is 9.49. The Morgan fingerprint density at radius 3 is 1.51 bits per heavy atom. The molecular formula is C45H33NO. The molecule has 0 saturated heterocycles. The summed E-state index contributed by atoms with van der Waals surface area (Å²) in [5.74, 6) is 0.101. The van der Waals surface area contributed by atoms with E-state index in [2.05, 4.69) is 141 Å². The van der Waals surface area contributed by atoms with E-state index in [1.807, 2.05) is 36.4 Å². The molecule has 0 fully saturated rings. The monoisotopic (exact) mass is 603 g/mol. The van der Waals surface area contributed by atoms with Crippen LogP contribution in [-0.2, 0) is 5.41 Å². The summed E-state index contributed by atoms with van der Waals surface area (Å²) >= 11 is 0. The van der Waals surface area contributed by atoms with Crippen LogP contribution >= 0.6 is 0 Å². The van der Waals surface area contributed by atoms with E-state index in [-0.39, 0.29) is 11.2 Å². The molecule has 0 atom stereocenters. The van der Waals surface area contributed by atoms with Gasteiger partial charge in [0.15, 0.2) is 5.78 Å². The summed E-state index contributed by atoms with van der Waals surface area (Å²) in [4.78, 5) is 18.6. The van der Waals surface area contributed by atoms with Crippen molar-refractivity contribution in [3.8, 4) is 55.9 Å². The van der Waals surface area contributed by atoms with Crippen molar-refractivity contribution in [3.63, 3.8) is 0 Å². The first-order chi connectivity index (χ1) is 23.0. The molecule has 224 valence electrons. The van der Waals surface area contributed by atoms with Crippen LogP contribution in [0.2, 0.25) is 0 Å². The number of carbonyl (C=O) groups is 1. The number of hydrogen-bond acceptors (Lipinski definition) is 2. The van der Waals surface area contributed by atoms with Crippen LogP contribution in [0.3, 0.4) is 0 Å². The zero-order chi connectivity index (χ0) is 32.0. The van der Waals surface area contributed by atoms with Crippen LogP contribution in [0.15, 0.2) is 164 Å². The second kappa shape index (κ2) is 11.5. The van der Waals surface area contributed by atoms with Gasteiger partial charge in [-0.05, 0) is 68.8 Å². The average Bonchev–Trinajstić information content (AvgIpc) is 3.14.